The molecule has 1 saturated heterocycles. The van der Waals surface area contributed by atoms with Crippen molar-refractivity contribution in [2.45, 2.75) is 0 Å². The molecule has 1 aromatic rings. The molecule has 1 amide bonds. The van der Waals surface area contributed by atoms with Gasteiger partial charge in [-0.1, -0.05) is 18.2 Å². The number of carbonyl (C=O) groups is 1. The van der Waals surface area contributed by atoms with Gasteiger partial charge in [0.2, 0.25) is 6.41 Å². The topological polar surface area (TPSA) is 49.8 Å². The molecule has 4 nitrogen and oxygen atoms in total. The van der Waals surface area contributed by atoms with Crippen LogP contribution in [0.15, 0.2) is 29.7 Å². The predicted molar refractivity (Wildman–Crippen MR) is 69.7 cm³/mol. The SMILES string of the molecule is O=CN1CCOC1.Oc1ccccc1/C=C\S. The molecule has 0 atom stereocenters. The van der Waals surface area contributed by atoms with Crippen molar-refractivity contribution in [1.82, 2.24) is 4.90 Å². The normalized spacial score (nSPS) is 14.5. The van der Waals surface area contributed by atoms with Crippen LogP contribution in [-0.2, 0) is 9.53 Å². The minimum absolute atomic E-state index is 0.285. The maximum absolute atomic E-state index is 9.85. The average Bonchev–Trinajstić information content (AvgIpc) is 2.86. The Bertz CT molecular complexity index is 376. The van der Waals surface area contributed by atoms with Crippen LogP contribution in [0.2, 0.25) is 0 Å². The van der Waals surface area contributed by atoms with Gasteiger partial charge in [0.15, 0.2) is 0 Å². The molecule has 1 heterocycles. The summed E-state index contributed by atoms with van der Waals surface area (Å²) in [4.78, 5) is 11.4. The Hall–Kier alpha value is -1.46. The quantitative estimate of drug-likeness (QED) is 0.623. The Morgan fingerprint density at radius 3 is 2.65 bits per heavy atom. The zero-order valence-electron chi connectivity index (χ0n) is 9.32. The molecule has 92 valence electrons. The van der Waals surface area contributed by atoms with Crippen molar-refractivity contribution >= 4 is 25.1 Å². The molecule has 0 unspecified atom stereocenters. The lowest BCUT2D eigenvalue weighted by Gasteiger charge is -2.00. The van der Waals surface area contributed by atoms with Gasteiger partial charge in [0, 0.05) is 12.1 Å². The van der Waals surface area contributed by atoms with Gasteiger partial charge in [-0.05, 0) is 17.6 Å². The average molecular weight is 253 g/mol. The van der Waals surface area contributed by atoms with Gasteiger partial charge in [-0.2, -0.15) is 12.6 Å². The number of amides is 1. The monoisotopic (exact) mass is 253 g/mol. The maximum Gasteiger partial charge on any atom is 0.211 e. The molecule has 0 bridgehead atoms. The molecule has 17 heavy (non-hydrogen) atoms. The van der Waals surface area contributed by atoms with Crippen LogP contribution in [-0.4, -0.2) is 36.3 Å². The highest BCUT2D eigenvalue weighted by Gasteiger charge is 2.06. The van der Waals surface area contributed by atoms with Crippen molar-refractivity contribution in [3.05, 3.63) is 35.2 Å². The Balaban J connectivity index is 0.000000181. The highest BCUT2D eigenvalue weighted by molar-refractivity contribution is 7.83. The van der Waals surface area contributed by atoms with E-state index in [1.807, 2.05) is 12.1 Å². The third kappa shape index (κ3) is 4.93. The fourth-order valence-electron chi connectivity index (χ4n) is 1.22. The number of benzene rings is 1. The van der Waals surface area contributed by atoms with Gasteiger partial charge in [0.25, 0.3) is 0 Å². The summed E-state index contributed by atoms with van der Waals surface area (Å²) >= 11 is 3.89. The molecule has 1 aliphatic heterocycles. The van der Waals surface area contributed by atoms with Crippen LogP contribution < -0.4 is 0 Å². The largest absolute Gasteiger partial charge is 0.507 e. The van der Waals surface area contributed by atoms with Crippen LogP contribution in [0.4, 0.5) is 0 Å². The summed E-state index contributed by atoms with van der Waals surface area (Å²) < 4.78 is 4.84. The zero-order chi connectivity index (χ0) is 12.5. The lowest BCUT2D eigenvalue weighted by atomic mass is 10.2. The highest BCUT2D eigenvalue weighted by Crippen LogP contribution is 2.16. The van der Waals surface area contributed by atoms with Crippen molar-refractivity contribution in [3.63, 3.8) is 0 Å². The first kappa shape index (κ1) is 13.6. The van der Waals surface area contributed by atoms with Crippen molar-refractivity contribution < 1.29 is 14.6 Å². The van der Waals surface area contributed by atoms with E-state index < -0.39 is 0 Å². The van der Waals surface area contributed by atoms with Gasteiger partial charge >= 0.3 is 0 Å². The minimum Gasteiger partial charge on any atom is -0.507 e. The van der Waals surface area contributed by atoms with Crippen LogP contribution in [0.1, 0.15) is 5.56 Å². The summed E-state index contributed by atoms with van der Waals surface area (Å²) in [6.45, 7) is 1.92. The highest BCUT2D eigenvalue weighted by atomic mass is 32.1. The van der Waals surface area contributed by atoms with E-state index in [-0.39, 0.29) is 5.75 Å². The van der Waals surface area contributed by atoms with Crippen LogP contribution in [0.3, 0.4) is 0 Å². The molecule has 2 rings (SSSR count). The molecule has 0 radical (unpaired) electrons. The van der Waals surface area contributed by atoms with Gasteiger partial charge in [0.1, 0.15) is 12.5 Å². The van der Waals surface area contributed by atoms with Gasteiger partial charge in [-0.15, -0.1) is 0 Å². The predicted octanol–water partition coefficient (Wildman–Crippen LogP) is 1.73. The zero-order valence-corrected chi connectivity index (χ0v) is 10.2. The number of aromatic hydroxyl groups is 1. The molecule has 1 aliphatic rings. The fraction of sp³-hybridized carbons (Fsp3) is 0.250. The summed E-state index contributed by atoms with van der Waals surface area (Å²) in [6.07, 6.45) is 2.53. The van der Waals surface area contributed by atoms with E-state index in [0.29, 0.717) is 13.3 Å². The van der Waals surface area contributed by atoms with E-state index in [1.54, 1.807) is 28.5 Å². The second-order valence-electron chi connectivity index (χ2n) is 3.33. The van der Waals surface area contributed by atoms with Crippen LogP contribution >= 0.6 is 12.6 Å². The van der Waals surface area contributed by atoms with Crippen molar-refractivity contribution in [3.8, 4) is 5.75 Å². The van der Waals surface area contributed by atoms with E-state index >= 15 is 0 Å². The fourth-order valence-corrected chi connectivity index (χ4v) is 1.38. The number of phenolic OH excluding ortho intramolecular Hbond substituents is 1. The smallest absolute Gasteiger partial charge is 0.211 e. The first-order chi connectivity index (χ1) is 8.27. The second kappa shape index (κ2) is 7.76. The molecular formula is C12H15NO3S. The summed E-state index contributed by atoms with van der Waals surface area (Å²) in [5, 5.41) is 10.7. The number of thiol groups is 1. The standard InChI is InChI=1S/C8H8OS.C4H7NO2/c9-8-4-2-1-3-7(8)5-6-10;6-3-5-1-2-7-4-5/h1-6,9-10H;3H,1-2,4H2/b6-5-;. The number of para-hydroxylation sites is 1. The summed E-state index contributed by atoms with van der Waals surface area (Å²) in [5.74, 6) is 0.285. The Labute approximate surface area is 106 Å². The molecule has 5 heteroatoms. The summed E-state index contributed by atoms with van der Waals surface area (Å²) in [7, 11) is 0. The van der Waals surface area contributed by atoms with E-state index in [4.69, 9.17) is 9.84 Å². The van der Waals surface area contributed by atoms with Gasteiger partial charge in [-0.3, -0.25) is 4.79 Å². The number of carbonyl (C=O) groups excluding carboxylic acids is 1. The van der Waals surface area contributed by atoms with E-state index in [0.717, 1.165) is 18.5 Å². The Kier molecular flexibility index (Phi) is 6.21. The Morgan fingerprint density at radius 1 is 1.41 bits per heavy atom. The van der Waals surface area contributed by atoms with Gasteiger partial charge in [0.05, 0.1) is 6.61 Å². The van der Waals surface area contributed by atoms with E-state index in [1.165, 1.54) is 0 Å². The second-order valence-corrected chi connectivity index (χ2v) is 3.63. The number of phenols is 1. The summed E-state index contributed by atoms with van der Waals surface area (Å²) in [5.41, 5.74) is 0.789. The van der Waals surface area contributed by atoms with E-state index in [9.17, 15) is 4.79 Å². The molecule has 1 aromatic carbocycles. The van der Waals surface area contributed by atoms with Crippen molar-refractivity contribution in [2.24, 2.45) is 0 Å². The van der Waals surface area contributed by atoms with E-state index in [2.05, 4.69) is 12.6 Å². The lowest BCUT2D eigenvalue weighted by Crippen LogP contribution is -2.16. The third-order valence-corrected chi connectivity index (χ3v) is 2.27. The lowest BCUT2D eigenvalue weighted by molar-refractivity contribution is -0.118. The number of hydrogen-bond donors (Lipinski definition) is 2. The molecule has 1 fully saturated rings. The number of rotatable bonds is 2. The third-order valence-electron chi connectivity index (χ3n) is 2.12. The summed E-state index contributed by atoms with van der Waals surface area (Å²) in [6, 6.07) is 7.11. The van der Waals surface area contributed by atoms with Crippen molar-refractivity contribution in [2.75, 3.05) is 19.9 Å². The first-order valence-corrected chi connectivity index (χ1v) is 5.65. The molecule has 0 aliphatic carbocycles. The van der Waals surface area contributed by atoms with Gasteiger partial charge in [-0.25, -0.2) is 0 Å². The van der Waals surface area contributed by atoms with Crippen molar-refractivity contribution in [1.29, 1.82) is 0 Å². The minimum atomic E-state index is 0.285. The molecule has 1 N–H and O–H groups in total. The van der Waals surface area contributed by atoms with Crippen LogP contribution in [0.5, 0.6) is 5.75 Å². The number of hydrogen-bond acceptors (Lipinski definition) is 4. The van der Waals surface area contributed by atoms with Crippen LogP contribution in [0, 0.1) is 0 Å². The molecule has 0 aromatic heterocycles. The van der Waals surface area contributed by atoms with Crippen LogP contribution in [0.25, 0.3) is 6.08 Å². The first-order valence-electron chi connectivity index (χ1n) is 5.13. The molecular weight excluding hydrogens is 238 g/mol. The Morgan fingerprint density at radius 2 is 2.18 bits per heavy atom. The molecule has 0 spiro atoms. The maximum atomic E-state index is 9.85. The number of ether oxygens (including phenoxy) is 1. The van der Waals surface area contributed by atoms with Gasteiger partial charge < -0.3 is 14.7 Å². The number of nitrogens with zero attached hydrogens (tertiary/aromatic N) is 1. The molecule has 0 saturated carbocycles.